The number of nitrogens with two attached hydrogens (primary N) is 1. The largest absolute Gasteiger partial charge is 0.497 e. The number of hydrogen-bond donors (Lipinski definition) is 1. The van der Waals surface area contributed by atoms with Gasteiger partial charge in [-0.05, 0) is 35.4 Å². The van der Waals surface area contributed by atoms with Crippen LogP contribution in [0.2, 0.25) is 0 Å². The minimum absolute atomic E-state index is 0.0956. The summed E-state index contributed by atoms with van der Waals surface area (Å²) in [5.74, 6) is 0.882. The number of hydrogen-bond acceptors (Lipinski definition) is 8. The molecule has 1 aliphatic rings. The molecule has 0 fully saturated rings. The van der Waals surface area contributed by atoms with E-state index in [1.165, 1.54) is 23.1 Å². The standard InChI is InChI=1S/C20H18BrN5O2S2/c1-28-15-8-4-13(5-9-15)17-10-16(12-2-6-14(21)7-3-12)25-26(17)18(27)11-29-20-24-23-19(22)30-20/h2-9,17H,10-11H2,1H3,(H2,22,23). The van der Waals surface area contributed by atoms with Crippen LogP contribution in [-0.4, -0.2) is 39.7 Å². The summed E-state index contributed by atoms with van der Waals surface area (Å²) in [7, 11) is 1.63. The van der Waals surface area contributed by atoms with E-state index in [1.807, 2.05) is 48.5 Å². The number of amides is 1. The van der Waals surface area contributed by atoms with Crippen molar-refractivity contribution in [1.82, 2.24) is 15.2 Å². The first-order valence-corrected chi connectivity index (χ1v) is 11.6. The fraction of sp³-hybridized carbons (Fsp3) is 0.200. The van der Waals surface area contributed by atoms with E-state index in [0.717, 1.165) is 27.1 Å². The van der Waals surface area contributed by atoms with Crippen molar-refractivity contribution in [3.63, 3.8) is 0 Å². The van der Waals surface area contributed by atoms with Gasteiger partial charge in [0.2, 0.25) is 5.13 Å². The number of aromatic nitrogens is 2. The lowest BCUT2D eigenvalue weighted by atomic mass is 9.98. The second-order valence-electron chi connectivity index (χ2n) is 6.48. The molecule has 1 atom stereocenters. The zero-order valence-electron chi connectivity index (χ0n) is 16.0. The quantitative estimate of drug-likeness (QED) is 0.502. The maximum atomic E-state index is 13.1. The minimum Gasteiger partial charge on any atom is -0.497 e. The van der Waals surface area contributed by atoms with Crippen LogP contribution in [0.1, 0.15) is 23.6 Å². The third-order valence-corrected chi connectivity index (χ3v) is 6.98. The highest BCUT2D eigenvalue weighted by Gasteiger charge is 2.33. The van der Waals surface area contributed by atoms with Crippen LogP contribution in [-0.2, 0) is 4.79 Å². The maximum Gasteiger partial charge on any atom is 0.253 e. The number of rotatable bonds is 6. The Morgan fingerprint density at radius 1 is 1.23 bits per heavy atom. The van der Waals surface area contributed by atoms with Crippen molar-refractivity contribution in [2.75, 3.05) is 18.6 Å². The summed E-state index contributed by atoms with van der Waals surface area (Å²) in [6.07, 6.45) is 0.635. The molecule has 1 amide bonds. The van der Waals surface area contributed by atoms with E-state index in [1.54, 1.807) is 12.1 Å². The smallest absolute Gasteiger partial charge is 0.253 e. The molecule has 2 N–H and O–H groups in total. The number of carbonyl (C=O) groups is 1. The number of carbonyl (C=O) groups excluding carboxylic acids is 1. The van der Waals surface area contributed by atoms with Crippen molar-refractivity contribution in [2.24, 2.45) is 5.10 Å². The molecule has 0 radical (unpaired) electrons. The molecule has 0 aliphatic carbocycles. The molecule has 7 nitrogen and oxygen atoms in total. The fourth-order valence-corrected chi connectivity index (χ4v) is 4.86. The number of thioether (sulfide) groups is 1. The van der Waals surface area contributed by atoms with Gasteiger partial charge in [0.05, 0.1) is 24.6 Å². The fourth-order valence-electron chi connectivity index (χ4n) is 3.11. The second kappa shape index (κ2) is 9.15. The third-order valence-electron chi connectivity index (χ3n) is 4.59. The van der Waals surface area contributed by atoms with Gasteiger partial charge in [-0.3, -0.25) is 4.79 Å². The first kappa shape index (κ1) is 20.8. The van der Waals surface area contributed by atoms with Crippen LogP contribution < -0.4 is 10.5 Å². The van der Waals surface area contributed by atoms with Crippen LogP contribution in [0.25, 0.3) is 0 Å². The van der Waals surface area contributed by atoms with E-state index in [9.17, 15) is 4.79 Å². The molecular formula is C20H18BrN5O2S2. The van der Waals surface area contributed by atoms with Gasteiger partial charge >= 0.3 is 0 Å². The molecule has 154 valence electrons. The van der Waals surface area contributed by atoms with E-state index < -0.39 is 0 Å². The molecule has 1 unspecified atom stereocenters. The first-order chi connectivity index (χ1) is 14.5. The van der Waals surface area contributed by atoms with Crippen molar-refractivity contribution in [3.8, 4) is 5.75 Å². The molecule has 4 rings (SSSR count). The van der Waals surface area contributed by atoms with Crippen molar-refractivity contribution in [3.05, 3.63) is 64.1 Å². The van der Waals surface area contributed by atoms with Gasteiger partial charge in [0, 0.05) is 10.9 Å². The summed E-state index contributed by atoms with van der Waals surface area (Å²) >= 11 is 6.04. The van der Waals surface area contributed by atoms with Crippen LogP contribution >= 0.6 is 39.0 Å². The summed E-state index contributed by atoms with van der Waals surface area (Å²) in [5, 5.41) is 14.4. The Bertz CT molecular complexity index is 1070. The number of ether oxygens (including phenoxy) is 1. The summed E-state index contributed by atoms with van der Waals surface area (Å²) in [6, 6.07) is 15.5. The van der Waals surface area contributed by atoms with Crippen molar-refractivity contribution < 1.29 is 9.53 Å². The Balaban J connectivity index is 1.58. The molecule has 0 spiro atoms. The molecule has 1 aliphatic heterocycles. The average molecular weight is 504 g/mol. The average Bonchev–Trinajstić information content (AvgIpc) is 3.39. The number of nitrogen functional groups attached to an aromatic ring is 1. The third kappa shape index (κ3) is 4.66. The van der Waals surface area contributed by atoms with Gasteiger partial charge < -0.3 is 10.5 Å². The normalized spacial score (nSPS) is 15.9. The topological polar surface area (TPSA) is 93.7 Å². The first-order valence-electron chi connectivity index (χ1n) is 9.04. The Kier molecular flexibility index (Phi) is 6.35. The molecule has 0 saturated carbocycles. The van der Waals surface area contributed by atoms with Crippen LogP contribution in [0.4, 0.5) is 5.13 Å². The number of nitrogens with zero attached hydrogens (tertiary/aromatic N) is 4. The molecule has 30 heavy (non-hydrogen) atoms. The predicted molar refractivity (Wildman–Crippen MR) is 123 cm³/mol. The van der Waals surface area contributed by atoms with Crippen LogP contribution in [0.15, 0.2) is 62.4 Å². The van der Waals surface area contributed by atoms with Gasteiger partial charge in [-0.1, -0.05) is 63.3 Å². The zero-order valence-corrected chi connectivity index (χ0v) is 19.2. The molecule has 1 aromatic heterocycles. The summed E-state index contributed by atoms with van der Waals surface area (Å²) < 4.78 is 6.92. The van der Waals surface area contributed by atoms with Gasteiger partial charge in [0.1, 0.15) is 5.75 Å². The molecule has 2 heterocycles. The van der Waals surface area contributed by atoms with Gasteiger partial charge in [-0.15, -0.1) is 10.2 Å². The van der Waals surface area contributed by atoms with Crippen molar-refractivity contribution >= 4 is 55.8 Å². The molecule has 0 saturated heterocycles. The Labute approximate surface area is 190 Å². The Morgan fingerprint density at radius 2 is 1.97 bits per heavy atom. The SMILES string of the molecule is COc1ccc(C2CC(c3ccc(Br)cc3)=NN2C(=O)CSc2nnc(N)s2)cc1. The van der Waals surface area contributed by atoms with Crippen molar-refractivity contribution in [2.45, 2.75) is 16.8 Å². The van der Waals surface area contributed by atoms with Gasteiger partial charge in [0.15, 0.2) is 4.34 Å². The number of methoxy groups -OCH3 is 1. The van der Waals surface area contributed by atoms with E-state index >= 15 is 0 Å². The highest BCUT2D eigenvalue weighted by molar-refractivity contribution is 9.10. The van der Waals surface area contributed by atoms with Crippen LogP contribution in [0.5, 0.6) is 5.75 Å². The highest BCUT2D eigenvalue weighted by Crippen LogP contribution is 2.35. The van der Waals surface area contributed by atoms with Gasteiger partial charge in [0.25, 0.3) is 5.91 Å². The maximum absolute atomic E-state index is 13.1. The van der Waals surface area contributed by atoms with E-state index in [4.69, 9.17) is 10.5 Å². The lowest BCUT2D eigenvalue weighted by Crippen LogP contribution is -2.28. The summed E-state index contributed by atoms with van der Waals surface area (Å²) in [5.41, 5.74) is 8.50. The summed E-state index contributed by atoms with van der Waals surface area (Å²) in [6.45, 7) is 0. The Morgan fingerprint density at radius 3 is 2.60 bits per heavy atom. The Hall–Kier alpha value is -2.43. The van der Waals surface area contributed by atoms with E-state index in [2.05, 4.69) is 31.2 Å². The number of halogens is 1. The molecule has 0 bridgehead atoms. The van der Waals surface area contributed by atoms with E-state index in [0.29, 0.717) is 15.9 Å². The van der Waals surface area contributed by atoms with Gasteiger partial charge in [-0.25, -0.2) is 5.01 Å². The number of benzene rings is 2. The van der Waals surface area contributed by atoms with Crippen LogP contribution in [0, 0.1) is 0 Å². The zero-order chi connectivity index (χ0) is 21.1. The van der Waals surface area contributed by atoms with Crippen molar-refractivity contribution in [1.29, 1.82) is 0 Å². The molecule has 10 heteroatoms. The molecule has 2 aromatic carbocycles. The lowest BCUT2D eigenvalue weighted by Gasteiger charge is -2.22. The molecule has 3 aromatic rings. The monoisotopic (exact) mass is 503 g/mol. The highest BCUT2D eigenvalue weighted by atomic mass is 79.9. The summed E-state index contributed by atoms with van der Waals surface area (Å²) in [4.78, 5) is 13.1. The number of hydrazone groups is 1. The minimum atomic E-state index is -0.179. The van der Waals surface area contributed by atoms with E-state index in [-0.39, 0.29) is 17.7 Å². The predicted octanol–water partition coefficient (Wildman–Crippen LogP) is 4.36. The van der Waals surface area contributed by atoms with Crippen LogP contribution in [0.3, 0.4) is 0 Å². The number of anilines is 1. The molecular weight excluding hydrogens is 486 g/mol. The second-order valence-corrected chi connectivity index (χ2v) is 9.63. The lowest BCUT2D eigenvalue weighted by molar-refractivity contribution is -0.130. The van der Waals surface area contributed by atoms with Gasteiger partial charge in [-0.2, -0.15) is 5.10 Å².